The van der Waals surface area contributed by atoms with E-state index in [0.29, 0.717) is 18.0 Å². The second-order valence-electron chi connectivity index (χ2n) is 4.96. The molecule has 1 atom stereocenters. The maximum absolute atomic E-state index is 12.4. The first-order valence-electron chi connectivity index (χ1n) is 7.05. The van der Waals surface area contributed by atoms with Gasteiger partial charge in [-0.05, 0) is 18.6 Å². The van der Waals surface area contributed by atoms with E-state index in [9.17, 15) is 4.79 Å². The molecule has 0 radical (unpaired) electrons. The summed E-state index contributed by atoms with van der Waals surface area (Å²) in [6.07, 6.45) is 2.41. The second kappa shape index (κ2) is 6.39. The van der Waals surface area contributed by atoms with Gasteiger partial charge in [0.15, 0.2) is 6.10 Å². The average molecular weight is 313 g/mol. The Bertz CT molecular complexity index is 797. The van der Waals surface area contributed by atoms with Crippen molar-refractivity contribution in [3.8, 4) is 0 Å². The van der Waals surface area contributed by atoms with Crippen LogP contribution < -0.4 is 0 Å². The Hall–Kier alpha value is -3.03. The van der Waals surface area contributed by atoms with Crippen molar-refractivity contribution >= 4 is 5.97 Å². The van der Waals surface area contributed by atoms with Gasteiger partial charge in [0.2, 0.25) is 5.89 Å². The zero-order valence-electron chi connectivity index (χ0n) is 12.7. The first-order chi connectivity index (χ1) is 11.1. The van der Waals surface area contributed by atoms with Crippen LogP contribution in [0.15, 0.2) is 41.3 Å². The van der Waals surface area contributed by atoms with Crippen molar-refractivity contribution in [3.05, 3.63) is 59.8 Å². The standard InChI is InChI=1S/C15H15N5O3/c1-10(14-19-18-11(2)23-14)22-15(21)13-6-4-3-5-12(13)7-20-9-16-8-17-20/h3-6,8-10H,7H2,1-2H3. The van der Waals surface area contributed by atoms with Gasteiger partial charge in [0, 0.05) is 6.92 Å². The quantitative estimate of drug-likeness (QED) is 0.664. The van der Waals surface area contributed by atoms with Gasteiger partial charge in [-0.1, -0.05) is 18.2 Å². The summed E-state index contributed by atoms with van der Waals surface area (Å²) in [5.41, 5.74) is 1.25. The summed E-state index contributed by atoms with van der Waals surface area (Å²) >= 11 is 0. The zero-order valence-corrected chi connectivity index (χ0v) is 12.7. The molecule has 3 rings (SSSR count). The van der Waals surface area contributed by atoms with Crippen molar-refractivity contribution < 1.29 is 13.9 Å². The molecule has 2 heterocycles. The van der Waals surface area contributed by atoms with E-state index < -0.39 is 12.1 Å². The molecule has 1 aromatic carbocycles. The van der Waals surface area contributed by atoms with Crippen molar-refractivity contribution in [2.24, 2.45) is 0 Å². The summed E-state index contributed by atoms with van der Waals surface area (Å²) in [5, 5.41) is 11.6. The molecule has 2 aromatic heterocycles. The molecule has 0 N–H and O–H groups in total. The molecule has 8 heteroatoms. The fraction of sp³-hybridized carbons (Fsp3) is 0.267. The smallest absolute Gasteiger partial charge is 0.339 e. The average Bonchev–Trinajstić information content (AvgIpc) is 3.19. The summed E-state index contributed by atoms with van der Waals surface area (Å²) in [7, 11) is 0. The number of carbonyl (C=O) groups excluding carboxylic acids is 1. The van der Waals surface area contributed by atoms with Gasteiger partial charge in [0.25, 0.3) is 5.89 Å². The lowest BCUT2D eigenvalue weighted by Gasteiger charge is -2.12. The number of nitrogens with zero attached hydrogens (tertiary/aromatic N) is 5. The van der Waals surface area contributed by atoms with E-state index in [1.54, 1.807) is 37.0 Å². The van der Waals surface area contributed by atoms with E-state index in [1.807, 2.05) is 12.1 Å². The van der Waals surface area contributed by atoms with Gasteiger partial charge >= 0.3 is 5.97 Å². The highest BCUT2D eigenvalue weighted by atomic mass is 16.6. The van der Waals surface area contributed by atoms with Crippen LogP contribution in [-0.4, -0.2) is 30.9 Å². The SMILES string of the molecule is Cc1nnc(C(C)OC(=O)c2ccccc2Cn2cncn2)o1. The topological polar surface area (TPSA) is 95.9 Å². The number of ether oxygens (including phenoxy) is 1. The molecular weight excluding hydrogens is 298 g/mol. The van der Waals surface area contributed by atoms with Crippen LogP contribution in [0.2, 0.25) is 0 Å². The molecule has 8 nitrogen and oxygen atoms in total. The van der Waals surface area contributed by atoms with Crippen LogP contribution >= 0.6 is 0 Å². The van der Waals surface area contributed by atoms with Crippen LogP contribution in [0.5, 0.6) is 0 Å². The number of esters is 1. The van der Waals surface area contributed by atoms with E-state index >= 15 is 0 Å². The lowest BCUT2D eigenvalue weighted by Crippen LogP contribution is -2.13. The predicted molar refractivity (Wildman–Crippen MR) is 78.4 cm³/mol. The highest BCUT2D eigenvalue weighted by molar-refractivity contribution is 5.91. The van der Waals surface area contributed by atoms with E-state index in [2.05, 4.69) is 20.3 Å². The molecule has 0 aliphatic carbocycles. The number of aryl methyl sites for hydroxylation is 1. The van der Waals surface area contributed by atoms with Crippen LogP contribution in [0.1, 0.15) is 40.7 Å². The Morgan fingerprint density at radius 1 is 1.35 bits per heavy atom. The molecule has 0 saturated heterocycles. The van der Waals surface area contributed by atoms with Crippen molar-refractivity contribution in [1.29, 1.82) is 0 Å². The summed E-state index contributed by atoms with van der Waals surface area (Å²) in [5.74, 6) is 0.239. The third-order valence-electron chi connectivity index (χ3n) is 3.21. The van der Waals surface area contributed by atoms with Crippen LogP contribution in [0.3, 0.4) is 0 Å². The van der Waals surface area contributed by atoms with Crippen molar-refractivity contribution in [2.45, 2.75) is 26.5 Å². The maximum atomic E-state index is 12.4. The number of aromatic nitrogens is 5. The van der Waals surface area contributed by atoms with Crippen LogP contribution in [-0.2, 0) is 11.3 Å². The molecule has 0 spiro atoms. The Morgan fingerprint density at radius 2 is 2.17 bits per heavy atom. The fourth-order valence-corrected chi connectivity index (χ4v) is 2.10. The van der Waals surface area contributed by atoms with Gasteiger partial charge in [0.1, 0.15) is 12.7 Å². The molecule has 0 amide bonds. The first kappa shape index (κ1) is 14.9. The minimum absolute atomic E-state index is 0.268. The molecule has 0 bridgehead atoms. The lowest BCUT2D eigenvalue weighted by molar-refractivity contribution is 0.0275. The fourth-order valence-electron chi connectivity index (χ4n) is 2.10. The molecule has 0 aliphatic heterocycles. The van der Waals surface area contributed by atoms with Crippen LogP contribution in [0, 0.1) is 6.92 Å². The maximum Gasteiger partial charge on any atom is 0.339 e. The Balaban J connectivity index is 1.77. The minimum atomic E-state index is -0.622. The number of hydrogen-bond donors (Lipinski definition) is 0. The minimum Gasteiger partial charge on any atom is -0.449 e. The van der Waals surface area contributed by atoms with Crippen LogP contribution in [0.25, 0.3) is 0 Å². The summed E-state index contributed by atoms with van der Waals surface area (Å²) in [6, 6.07) is 7.19. The number of benzene rings is 1. The van der Waals surface area contributed by atoms with Crippen molar-refractivity contribution in [2.75, 3.05) is 0 Å². The third kappa shape index (κ3) is 3.42. The van der Waals surface area contributed by atoms with E-state index in [-0.39, 0.29) is 5.89 Å². The highest BCUT2D eigenvalue weighted by Crippen LogP contribution is 2.19. The first-order valence-corrected chi connectivity index (χ1v) is 7.05. The van der Waals surface area contributed by atoms with Crippen LogP contribution in [0.4, 0.5) is 0 Å². The van der Waals surface area contributed by atoms with Gasteiger partial charge in [-0.15, -0.1) is 10.2 Å². The molecule has 118 valence electrons. The van der Waals surface area contributed by atoms with Crippen molar-refractivity contribution in [1.82, 2.24) is 25.0 Å². The molecule has 3 aromatic rings. The van der Waals surface area contributed by atoms with E-state index in [0.717, 1.165) is 5.56 Å². The third-order valence-corrected chi connectivity index (χ3v) is 3.21. The van der Waals surface area contributed by atoms with E-state index in [1.165, 1.54) is 6.33 Å². The van der Waals surface area contributed by atoms with Gasteiger partial charge in [-0.2, -0.15) is 5.10 Å². The molecule has 1 unspecified atom stereocenters. The summed E-state index contributed by atoms with van der Waals surface area (Å²) in [4.78, 5) is 16.3. The predicted octanol–water partition coefficient (Wildman–Crippen LogP) is 1.94. The van der Waals surface area contributed by atoms with Gasteiger partial charge in [-0.3, -0.25) is 0 Å². The Morgan fingerprint density at radius 3 is 2.87 bits per heavy atom. The molecule has 0 saturated carbocycles. The lowest BCUT2D eigenvalue weighted by atomic mass is 10.1. The largest absolute Gasteiger partial charge is 0.449 e. The molecular formula is C15H15N5O3. The molecule has 0 aliphatic rings. The zero-order chi connectivity index (χ0) is 16.2. The number of carbonyl (C=O) groups is 1. The number of hydrogen-bond acceptors (Lipinski definition) is 7. The van der Waals surface area contributed by atoms with E-state index in [4.69, 9.17) is 9.15 Å². The van der Waals surface area contributed by atoms with Gasteiger partial charge in [0.05, 0.1) is 12.1 Å². The van der Waals surface area contributed by atoms with Gasteiger partial charge < -0.3 is 9.15 Å². The Kier molecular flexibility index (Phi) is 4.13. The Labute approximate surface area is 132 Å². The summed E-state index contributed by atoms with van der Waals surface area (Å²) < 4.78 is 12.3. The van der Waals surface area contributed by atoms with Gasteiger partial charge in [-0.25, -0.2) is 14.5 Å². The second-order valence-corrected chi connectivity index (χ2v) is 4.96. The van der Waals surface area contributed by atoms with Crippen molar-refractivity contribution in [3.63, 3.8) is 0 Å². The molecule has 23 heavy (non-hydrogen) atoms. The number of rotatable bonds is 5. The summed E-state index contributed by atoms with van der Waals surface area (Å²) in [6.45, 7) is 3.79. The monoisotopic (exact) mass is 313 g/mol. The molecule has 0 fully saturated rings. The normalized spacial score (nSPS) is 12.1. The highest BCUT2D eigenvalue weighted by Gasteiger charge is 2.20.